The molecule has 1 saturated heterocycles. The summed E-state index contributed by atoms with van der Waals surface area (Å²) < 4.78 is 0.876. The Labute approximate surface area is 106 Å². The molecule has 0 aliphatic carbocycles. The van der Waals surface area contributed by atoms with Crippen LogP contribution in [0.2, 0.25) is 4.34 Å². The number of hydrogen-bond acceptors (Lipinski definition) is 3. The summed E-state index contributed by atoms with van der Waals surface area (Å²) in [6.45, 7) is 3.20. The lowest BCUT2D eigenvalue weighted by molar-refractivity contribution is 0.203. The van der Waals surface area contributed by atoms with Crippen LogP contribution in [0.15, 0.2) is 12.1 Å². The molecule has 1 fully saturated rings. The Morgan fingerprint density at radius 3 is 2.93 bits per heavy atom. The van der Waals surface area contributed by atoms with Crippen LogP contribution in [0, 0.1) is 0 Å². The standard InChI is InChI=1S/C10H15ClN2S.ClH/c11-10-4-3-9(14-10)7-13-5-1-2-8(12)6-13;/h3-4,8H,1-2,5-7,12H2;1H. The molecular weight excluding hydrogens is 251 g/mol. The zero-order valence-electron chi connectivity index (χ0n) is 8.49. The third-order valence-electron chi connectivity index (χ3n) is 2.55. The Balaban J connectivity index is 0.00000112. The molecule has 0 saturated carbocycles. The number of nitrogens with zero attached hydrogens (tertiary/aromatic N) is 1. The van der Waals surface area contributed by atoms with E-state index in [1.807, 2.05) is 6.07 Å². The van der Waals surface area contributed by atoms with Crippen LogP contribution in [0.25, 0.3) is 0 Å². The highest BCUT2D eigenvalue weighted by molar-refractivity contribution is 7.16. The molecule has 1 atom stereocenters. The molecule has 1 aromatic rings. The lowest BCUT2D eigenvalue weighted by atomic mass is 10.1. The van der Waals surface area contributed by atoms with E-state index in [0.717, 1.165) is 17.4 Å². The molecule has 15 heavy (non-hydrogen) atoms. The SMILES string of the molecule is Cl.NC1CCCN(Cc2ccc(Cl)s2)C1. The van der Waals surface area contributed by atoms with E-state index in [2.05, 4.69) is 11.0 Å². The van der Waals surface area contributed by atoms with Crippen molar-refractivity contribution in [2.45, 2.75) is 25.4 Å². The summed E-state index contributed by atoms with van der Waals surface area (Å²) in [7, 11) is 0. The maximum Gasteiger partial charge on any atom is 0.0931 e. The van der Waals surface area contributed by atoms with Gasteiger partial charge in [0.25, 0.3) is 0 Å². The van der Waals surface area contributed by atoms with Gasteiger partial charge in [-0.3, -0.25) is 4.90 Å². The lowest BCUT2D eigenvalue weighted by Gasteiger charge is -2.30. The van der Waals surface area contributed by atoms with E-state index in [0.29, 0.717) is 6.04 Å². The number of piperidine rings is 1. The topological polar surface area (TPSA) is 29.3 Å². The van der Waals surface area contributed by atoms with E-state index < -0.39 is 0 Å². The van der Waals surface area contributed by atoms with Gasteiger partial charge < -0.3 is 5.73 Å². The Morgan fingerprint density at radius 2 is 2.33 bits per heavy atom. The number of halogens is 2. The highest BCUT2D eigenvalue weighted by Crippen LogP contribution is 2.23. The smallest absolute Gasteiger partial charge is 0.0931 e. The molecule has 0 spiro atoms. The first-order valence-electron chi connectivity index (χ1n) is 4.96. The molecule has 1 aliphatic heterocycles. The molecule has 86 valence electrons. The first-order valence-corrected chi connectivity index (χ1v) is 6.15. The van der Waals surface area contributed by atoms with Crippen LogP contribution < -0.4 is 5.73 Å². The van der Waals surface area contributed by atoms with Crippen LogP contribution >= 0.6 is 35.3 Å². The second-order valence-corrected chi connectivity index (χ2v) is 5.64. The van der Waals surface area contributed by atoms with Crippen LogP contribution in [-0.4, -0.2) is 24.0 Å². The van der Waals surface area contributed by atoms with Crippen molar-refractivity contribution in [3.8, 4) is 0 Å². The second kappa shape index (κ2) is 6.06. The van der Waals surface area contributed by atoms with Gasteiger partial charge in [-0.1, -0.05) is 11.6 Å². The van der Waals surface area contributed by atoms with Crippen molar-refractivity contribution in [2.75, 3.05) is 13.1 Å². The fraction of sp³-hybridized carbons (Fsp3) is 0.600. The summed E-state index contributed by atoms with van der Waals surface area (Å²) in [5.74, 6) is 0. The van der Waals surface area contributed by atoms with Gasteiger partial charge in [-0.25, -0.2) is 0 Å². The molecule has 2 heterocycles. The molecule has 1 aliphatic rings. The molecule has 5 heteroatoms. The van der Waals surface area contributed by atoms with Crippen LogP contribution in [0.4, 0.5) is 0 Å². The van der Waals surface area contributed by atoms with E-state index >= 15 is 0 Å². The van der Waals surface area contributed by atoms with Gasteiger partial charge in [0.2, 0.25) is 0 Å². The Hall–Kier alpha value is 0.200. The van der Waals surface area contributed by atoms with Gasteiger partial charge in [0.05, 0.1) is 4.34 Å². The number of likely N-dealkylation sites (tertiary alicyclic amines) is 1. The second-order valence-electron chi connectivity index (χ2n) is 3.84. The summed E-state index contributed by atoms with van der Waals surface area (Å²) in [6.07, 6.45) is 2.39. The van der Waals surface area contributed by atoms with E-state index in [4.69, 9.17) is 17.3 Å². The molecule has 0 amide bonds. The molecule has 0 radical (unpaired) electrons. The summed E-state index contributed by atoms with van der Waals surface area (Å²) in [5.41, 5.74) is 5.92. The van der Waals surface area contributed by atoms with Gasteiger partial charge in [0.15, 0.2) is 0 Å². The quantitative estimate of drug-likeness (QED) is 0.892. The average molecular weight is 267 g/mol. The Bertz CT molecular complexity index is 303. The van der Waals surface area contributed by atoms with Gasteiger partial charge in [-0.15, -0.1) is 23.7 Å². The molecular formula is C10H16Cl2N2S. The predicted octanol–water partition coefficient (Wildman–Crippen LogP) is 2.75. The third-order valence-corrected chi connectivity index (χ3v) is 3.77. The van der Waals surface area contributed by atoms with Crippen molar-refractivity contribution in [1.29, 1.82) is 0 Å². The van der Waals surface area contributed by atoms with Crippen molar-refractivity contribution in [2.24, 2.45) is 5.73 Å². The average Bonchev–Trinajstić information content (AvgIpc) is 2.51. The molecule has 1 aromatic heterocycles. The minimum atomic E-state index is 0. The summed E-state index contributed by atoms with van der Waals surface area (Å²) in [6, 6.07) is 4.43. The van der Waals surface area contributed by atoms with Crippen molar-refractivity contribution in [1.82, 2.24) is 4.90 Å². The first kappa shape index (κ1) is 13.3. The largest absolute Gasteiger partial charge is 0.327 e. The normalized spacial score (nSPS) is 22.4. The van der Waals surface area contributed by atoms with Gasteiger partial charge in [0.1, 0.15) is 0 Å². The molecule has 2 nitrogen and oxygen atoms in total. The fourth-order valence-electron chi connectivity index (χ4n) is 1.89. The maximum atomic E-state index is 5.92. The van der Waals surface area contributed by atoms with Crippen molar-refractivity contribution in [3.05, 3.63) is 21.3 Å². The Morgan fingerprint density at radius 1 is 1.53 bits per heavy atom. The van der Waals surface area contributed by atoms with E-state index in [9.17, 15) is 0 Å². The fourth-order valence-corrected chi connectivity index (χ4v) is 3.02. The van der Waals surface area contributed by atoms with Crippen molar-refractivity contribution < 1.29 is 0 Å². The zero-order valence-corrected chi connectivity index (χ0v) is 10.9. The van der Waals surface area contributed by atoms with Crippen LogP contribution in [0.3, 0.4) is 0 Å². The third kappa shape index (κ3) is 3.93. The first-order chi connectivity index (χ1) is 6.74. The predicted molar refractivity (Wildman–Crippen MR) is 69.1 cm³/mol. The van der Waals surface area contributed by atoms with Gasteiger partial charge in [-0.2, -0.15) is 0 Å². The van der Waals surface area contributed by atoms with Gasteiger partial charge >= 0.3 is 0 Å². The zero-order chi connectivity index (χ0) is 9.97. The summed E-state index contributed by atoms with van der Waals surface area (Å²) in [4.78, 5) is 3.75. The highest BCUT2D eigenvalue weighted by Gasteiger charge is 2.16. The maximum absolute atomic E-state index is 5.92. The minimum Gasteiger partial charge on any atom is -0.327 e. The summed E-state index contributed by atoms with van der Waals surface area (Å²) >= 11 is 7.55. The number of rotatable bonds is 2. The number of nitrogens with two attached hydrogens (primary N) is 1. The number of hydrogen-bond donors (Lipinski definition) is 1. The van der Waals surface area contributed by atoms with Crippen molar-refractivity contribution >= 4 is 35.3 Å². The molecule has 1 unspecified atom stereocenters. The van der Waals surface area contributed by atoms with Gasteiger partial charge in [0, 0.05) is 24.0 Å². The van der Waals surface area contributed by atoms with Crippen LogP contribution in [-0.2, 0) is 6.54 Å². The summed E-state index contributed by atoms with van der Waals surface area (Å²) in [5, 5.41) is 0. The highest BCUT2D eigenvalue weighted by atomic mass is 35.5. The lowest BCUT2D eigenvalue weighted by Crippen LogP contribution is -2.42. The Kier molecular flexibility index (Phi) is 5.36. The van der Waals surface area contributed by atoms with Crippen LogP contribution in [0.5, 0.6) is 0 Å². The van der Waals surface area contributed by atoms with E-state index in [1.54, 1.807) is 11.3 Å². The van der Waals surface area contributed by atoms with Crippen LogP contribution in [0.1, 0.15) is 17.7 Å². The molecule has 0 bridgehead atoms. The minimum absolute atomic E-state index is 0. The van der Waals surface area contributed by atoms with E-state index in [1.165, 1.54) is 24.3 Å². The molecule has 2 rings (SSSR count). The molecule has 2 N–H and O–H groups in total. The van der Waals surface area contributed by atoms with Gasteiger partial charge in [-0.05, 0) is 31.5 Å². The molecule has 0 aromatic carbocycles. The number of thiophene rings is 1. The van der Waals surface area contributed by atoms with E-state index in [-0.39, 0.29) is 12.4 Å². The van der Waals surface area contributed by atoms with Crippen molar-refractivity contribution in [3.63, 3.8) is 0 Å². The monoisotopic (exact) mass is 266 g/mol.